The van der Waals surface area contributed by atoms with Crippen molar-refractivity contribution < 1.29 is 4.42 Å². The molecule has 0 saturated heterocycles. The lowest BCUT2D eigenvalue weighted by Gasteiger charge is -2.35. The number of furan rings is 1. The topological polar surface area (TPSA) is 21.3 Å². The maximum absolute atomic E-state index is 6.35. The number of nitrogens with zero attached hydrogens (tertiary/aromatic N) is 2. The van der Waals surface area contributed by atoms with Gasteiger partial charge in [-0.05, 0) is 105 Å². The standard InChI is InChI=1S/C60H42N2OSi/c1-5-19-44(20-6-1)62-56-32-15-13-30-54(56)60-52(31-18-33-57(60)62)43-35-37-45(38-36-43)61(47-39-40-59-55(42-47)53-29-14-16-34-58(53)63-59)46-21-17-28-51(41-46)64(48-22-7-2-8-23-48,49-24-9-3-10-25-49)50-26-11-4-12-27-50/h1-42H. The van der Waals surface area contributed by atoms with Crippen molar-refractivity contribution in [2.75, 3.05) is 4.90 Å². The fourth-order valence-corrected chi connectivity index (χ4v) is 14.9. The molecular formula is C60H42N2OSi. The fraction of sp³-hybridized carbons (Fsp3) is 0. The summed E-state index contributed by atoms with van der Waals surface area (Å²) >= 11 is 0. The maximum atomic E-state index is 6.35. The van der Waals surface area contributed by atoms with Gasteiger partial charge in [0.05, 0.1) is 11.0 Å². The number of hydrogen-bond acceptors (Lipinski definition) is 2. The van der Waals surface area contributed by atoms with Gasteiger partial charge in [0.2, 0.25) is 0 Å². The molecule has 2 aromatic heterocycles. The van der Waals surface area contributed by atoms with E-state index in [1.54, 1.807) is 0 Å². The van der Waals surface area contributed by atoms with Crippen molar-refractivity contribution in [2.24, 2.45) is 0 Å². The first-order valence-corrected chi connectivity index (χ1v) is 23.9. The summed E-state index contributed by atoms with van der Waals surface area (Å²) in [6, 6.07) is 92.9. The average molecular weight is 835 g/mol. The molecule has 2 heterocycles. The largest absolute Gasteiger partial charge is 0.456 e. The lowest BCUT2D eigenvalue weighted by atomic mass is 9.99. The van der Waals surface area contributed by atoms with E-state index in [1.807, 2.05) is 12.1 Å². The number of rotatable bonds is 9. The monoisotopic (exact) mass is 834 g/mol. The Morgan fingerprint density at radius 1 is 0.344 bits per heavy atom. The molecule has 0 N–H and O–H groups in total. The average Bonchev–Trinajstić information content (AvgIpc) is 3.92. The molecule has 0 unspecified atom stereocenters. The van der Waals surface area contributed by atoms with E-state index >= 15 is 0 Å². The van der Waals surface area contributed by atoms with Gasteiger partial charge >= 0.3 is 0 Å². The summed E-state index contributed by atoms with van der Waals surface area (Å²) in [5.74, 6) is 0. The Balaban J connectivity index is 1.06. The quantitative estimate of drug-likeness (QED) is 0.107. The van der Waals surface area contributed by atoms with Crippen LogP contribution in [0.25, 0.3) is 60.6 Å². The van der Waals surface area contributed by atoms with E-state index in [0.29, 0.717) is 0 Å². The van der Waals surface area contributed by atoms with E-state index in [0.717, 1.165) is 44.7 Å². The Morgan fingerprint density at radius 3 is 1.55 bits per heavy atom. The summed E-state index contributed by atoms with van der Waals surface area (Å²) in [5.41, 5.74) is 10.9. The maximum Gasteiger partial charge on any atom is 0.179 e. The molecule has 12 rings (SSSR count). The molecule has 302 valence electrons. The van der Waals surface area contributed by atoms with Crippen molar-refractivity contribution in [3.05, 3.63) is 255 Å². The van der Waals surface area contributed by atoms with Crippen molar-refractivity contribution in [1.29, 1.82) is 0 Å². The zero-order valence-electron chi connectivity index (χ0n) is 35.1. The molecule has 0 aliphatic rings. The van der Waals surface area contributed by atoms with Gasteiger partial charge in [0.25, 0.3) is 0 Å². The highest BCUT2D eigenvalue weighted by atomic mass is 28.3. The summed E-state index contributed by atoms with van der Waals surface area (Å²) in [5, 5.41) is 10.0. The molecule has 0 aliphatic heterocycles. The molecule has 0 spiro atoms. The van der Waals surface area contributed by atoms with Crippen molar-refractivity contribution >= 4 is 89.6 Å². The van der Waals surface area contributed by atoms with E-state index < -0.39 is 8.07 Å². The summed E-state index contributed by atoms with van der Waals surface area (Å²) in [4.78, 5) is 2.41. The van der Waals surface area contributed by atoms with Crippen LogP contribution in [0, 0.1) is 0 Å². The first-order chi connectivity index (χ1) is 31.8. The minimum atomic E-state index is -2.82. The van der Waals surface area contributed by atoms with Crippen molar-refractivity contribution in [3.8, 4) is 16.8 Å². The molecule has 10 aromatic carbocycles. The normalized spacial score (nSPS) is 11.8. The summed E-state index contributed by atoms with van der Waals surface area (Å²) in [7, 11) is -2.82. The fourth-order valence-electron chi connectivity index (χ4n) is 10.1. The van der Waals surface area contributed by atoms with Gasteiger partial charge in [-0.2, -0.15) is 0 Å². The molecule has 12 aromatic rings. The lowest BCUT2D eigenvalue weighted by Crippen LogP contribution is -2.74. The molecule has 0 amide bonds. The highest BCUT2D eigenvalue weighted by Gasteiger charge is 2.41. The van der Waals surface area contributed by atoms with Crippen LogP contribution in [0.5, 0.6) is 0 Å². The van der Waals surface area contributed by atoms with Crippen molar-refractivity contribution in [2.45, 2.75) is 0 Å². The van der Waals surface area contributed by atoms with Gasteiger partial charge < -0.3 is 13.9 Å². The number of aromatic nitrogens is 1. The van der Waals surface area contributed by atoms with E-state index in [-0.39, 0.29) is 0 Å². The van der Waals surface area contributed by atoms with Crippen LogP contribution in [-0.4, -0.2) is 12.6 Å². The number of anilines is 3. The molecule has 3 nitrogen and oxygen atoms in total. The van der Waals surface area contributed by atoms with Gasteiger partial charge in [-0.15, -0.1) is 0 Å². The molecule has 0 fully saturated rings. The second-order valence-corrected chi connectivity index (χ2v) is 20.3. The third-order valence-electron chi connectivity index (χ3n) is 12.9. The van der Waals surface area contributed by atoms with Crippen molar-refractivity contribution in [1.82, 2.24) is 4.57 Å². The molecule has 4 heteroatoms. The zero-order chi connectivity index (χ0) is 42.5. The van der Waals surface area contributed by atoms with Crippen LogP contribution >= 0.6 is 0 Å². The van der Waals surface area contributed by atoms with E-state index in [2.05, 4.69) is 252 Å². The number of fused-ring (bicyclic) bond motifs is 6. The number of para-hydroxylation sites is 3. The van der Waals surface area contributed by atoms with Gasteiger partial charge in [0.15, 0.2) is 8.07 Å². The summed E-state index contributed by atoms with van der Waals surface area (Å²) in [6.45, 7) is 0. The highest BCUT2D eigenvalue weighted by Crippen LogP contribution is 2.42. The lowest BCUT2D eigenvalue weighted by molar-refractivity contribution is 0.669. The Kier molecular flexibility index (Phi) is 9.17. The van der Waals surface area contributed by atoms with Gasteiger partial charge in [-0.3, -0.25) is 0 Å². The minimum absolute atomic E-state index is 0.875. The number of benzene rings is 10. The molecular weight excluding hydrogens is 793 g/mol. The smallest absolute Gasteiger partial charge is 0.179 e. The molecule has 0 bridgehead atoms. The second-order valence-electron chi connectivity index (χ2n) is 16.4. The van der Waals surface area contributed by atoms with E-state index in [4.69, 9.17) is 4.42 Å². The SMILES string of the molecule is c1ccc(-n2c3ccccc3c3c(-c4ccc(N(c5cccc([Si](c6ccccc6)(c6ccccc6)c6ccccc6)c5)c5ccc6oc7ccccc7c6c5)cc4)cccc32)cc1. The van der Waals surface area contributed by atoms with Gasteiger partial charge in [-0.25, -0.2) is 0 Å². The highest BCUT2D eigenvalue weighted by molar-refractivity contribution is 7.19. The van der Waals surface area contributed by atoms with Crippen molar-refractivity contribution in [3.63, 3.8) is 0 Å². The van der Waals surface area contributed by atoms with Gasteiger partial charge in [0, 0.05) is 44.3 Å². The molecule has 0 atom stereocenters. The van der Waals surface area contributed by atoms with E-state index in [9.17, 15) is 0 Å². The predicted molar refractivity (Wildman–Crippen MR) is 272 cm³/mol. The Morgan fingerprint density at radius 2 is 0.859 bits per heavy atom. The Labute approximate surface area is 373 Å². The third kappa shape index (κ3) is 6.10. The Bertz CT molecular complexity index is 3500. The van der Waals surface area contributed by atoms with Gasteiger partial charge in [-0.1, -0.05) is 182 Å². The Hall–Kier alpha value is -8.18. The molecule has 0 saturated carbocycles. The molecule has 0 radical (unpaired) electrons. The van der Waals surface area contributed by atoms with Crippen LogP contribution in [0.3, 0.4) is 0 Å². The van der Waals surface area contributed by atoms with Crippen LogP contribution in [0.4, 0.5) is 17.1 Å². The van der Waals surface area contributed by atoms with Crippen LogP contribution < -0.4 is 25.6 Å². The predicted octanol–water partition coefficient (Wildman–Crippen LogP) is 13.2. The first kappa shape index (κ1) is 37.6. The molecule has 0 aliphatic carbocycles. The minimum Gasteiger partial charge on any atom is -0.456 e. The van der Waals surface area contributed by atoms with Crippen LogP contribution in [-0.2, 0) is 0 Å². The van der Waals surface area contributed by atoms with Gasteiger partial charge in [0.1, 0.15) is 11.2 Å². The summed E-state index contributed by atoms with van der Waals surface area (Å²) in [6.07, 6.45) is 0. The molecule has 64 heavy (non-hydrogen) atoms. The third-order valence-corrected chi connectivity index (χ3v) is 17.7. The van der Waals surface area contributed by atoms with E-state index in [1.165, 1.54) is 53.7 Å². The van der Waals surface area contributed by atoms with Crippen LogP contribution in [0.1, 0.15) is 0 Å². The zero-order valence-corrected chi connectivity index (χ0v) is 36.1. The summed E-state index contributed by atoms with van der Waals surface area (Å²) < 4.78 is 8.74. The van der Waals surface area contributed by atoms with Crippen LogP contribution in [0.15, 0.2) is 259 Å². The van der Waals surface area contributed by atoms with Crippen LogP contribution in [0.2, 0.25) is 0 Å². The number of hydrogen-bond donors (Lipinski definition) is 0. The second kappa shape index (κ2) is 15.6. The first-order valence-electron chi connectivity index (χ1n) is 21.9.